The molecule has 2 aromatic heterocycles. The van der Waals surface area contributed by atoms with Gasteiger partial charge in [-0.1, -0.05) is 116 Å². The molecule has 2 aliphatic carbocycles. The second-order valence-electron chi connectivity index (χ2n) is 22.3. The first-order chi connectivity index (χ1) is 31.0. The zero-order valence-electron chi connectivity index (χ0n) is 39.6. The zero-order chi connectivity index (χ0) is 44.9. The van der Waals surface area contributed by atoms with Crippen LogP contribution in [0.4, 0.5) is 28.4 Å². The molecule has 5 heteroatoms. The Labute approximate surface area is 389 Å². The molecular formula is C60H58BN2OS. The number of benzene rings is 7. The Hall–Kier alpha value is -5.78. The number of nitrogens with zero attached hydrogens (tertiary/aromatic N) is 1. The molecule has 1 radical (unpaired) electrons. The van der Waals surface area contributed by atoms with Crippen LogP contribution >= 0.6 is 11.3 Å². The molecule has 323 valence electrons. The lowest BCUT2D eigenvalue weighted by Crippen LogP contribution is -2.40. The average molecular weight is 866 g/mol. The molecule has 65 heavy (non-hydrogen) atoms. The molecule has 0 saturated carbocycles. The fourth-order valence-corrected chi connectivity index (χ4v) is 13.0. The predicted octanol–water partition coefficient (Wildman–Crippen LogP) is 16.1. The molecule has 1 aliphatic heterocycles. The average Bonchev–Trinajstić information content (AvgIpc) is 3.84. The summed E-state index contributed by atoms with van der Waals surface area (Å²) in [6, 6.07) is 43.8. The number of fused-ring (bicyclic) bond motifs is 10. The maximum atomic E-state index is 7.24. The molecule has 1 N–H and O–H groups in total. The van der Waals surface area contributed by atoms with Gasteiger partial charge < -0.3 is 14.6 Å². The van der Waals surface area contributed by atoms with Crippen molar-refractivity contribution in [2.24, 2.45) is 0 Å². The van der Waals surface area contributed by atoms with E-state index >= 15 is 0 Å². The molecule has 0 amide bonds. The topological polar surface area (TPSA) is 28.4 Å². The van der Waals surface area contributed by atoms with Gasteiger partial charge >= 0.3 is 0 Å². The minimum absolute atomic E-state index is 0.0497. The van der Waals surface area contributed by atoms with Crippen LogP contribution in [-0.4, -0.2) is 7.28 Å². The van der Waals surface area contributed by atoms with Gasteiger partial charge in [0.25, 0.3) is 0 Å². The zero-order valence-corrected chi connectivity index (χ0v) is 40.5. The Kier molecular flexibility index (Phi) is 8.69. The first-order valence-electron chi connectivity index (χ1n) is 23.7. The summed E-state index contributed by atoms with van der Waals surface area (Å²) in [6.45, 7) is 24.1. The van der Waals surface area contributed by atoms with Crippen LogP contribution in [0.15, 0.2) is 120 Å². The Bertz CT molecular complexity index is 3490. The lowest BCUT2D eigenvalue weighted by atomic mass is 9.60. The van der Waals surface area contributed by atoms with Gasteiger partial charge in [-0.15, -0.1) is 11.3 Å². The molecule has 0 fully saturated rings. The van der Waals surface area contributed by atoms with Crippen molar-refractivity contribution in [2.75, 3.05) is 10.2 Å². The summed E-state index contributed by atoms with van der Waals surface area (Å²) < 4.78 is 9.83. The largest absolute Gasteiger partial charge is 0.469 e. The molecule has 0 bridgehead atoms. The molecule has 12 rings (SSSR count). The highest BCUT2D eigenvalue weighted by molar-refractivity contribution is 7.26. The normalized spacial score (nSPS) is 17.7. The number of aryl methyl sites for hydroxylation is 2. The summed E-state index contributed by atoms with van der Waals surface area (Å²) in [7, 11) is 2.36. The summed E-state index contributed by atoms with van der Waals surface area (Å²) in [6.07, 6.45) is 4.66. The number of hydrogen-bond donors (Lipinski definition) is 1. The van der Waals surface area contributed by atoms with Crippen molar-refractivity contribution < 1.29 is 4.42 Å². The molecular weight excluding hydrogens is 808 g/mol. The van der Waals surface area contributed by atoms with E-state index in [-0.39, 0.29) is 21.7 Å². The third-order valence-electron chi connectivity index (χ3n) is 16.0. The van der Waals surface area contributed by atoms with Crippen LogP contribution in [0.3, 0.4) is 0 Å². The molecule has 9 aromatic rings. The number of anilines is 5. The Morgan fingerprint density at radius 2 is 1.17 bits per heavy atom. The van der Waals surface area contributed by atoms with Crippen molar-refractivity contribution >= 4 is 100 Å². The van der Waals surface area contributed by atoms with Crippen LogP contribution in [0.25, 0.3) is 53.0 Å². The monoisotopic (exact) mass is 865 g/mol. The van der Waals surface area contributed by atoms with E-state index < -0.39 is 0 Å². The minimum Gasteiger partial charge on any atom is -0.469 e. The number of hydrogen-bond acceptors (Lipinski definition) is 4. The first kappa shape index (κ1) is 40.7. The van der Waals surface area contributed by atoms with Crippen molar-refractivity contribution in [3.05, 3.63) is 149 Å². The third-order valence-corrected chi connectivity index (χ3v) is 17.1. The van der Waals surface area contributed by atoms with Crippen molar-refractivity contribution in [3.63, 3.8) is 0 Å². The van der Waals surface area contributed by atoms with Crippen LogP contribution in [-0.2, 0) is 21.7 Å². The fraction of sp³-hybridized carbons (Fsp3) is 0.300. The SMILES string of the molecule is Cc1cc(-c2cc3ccccc3cc2Nc2cccc3sc4ccccc4c23)c2c(c1)N(c1cc3c(cc1C)C(C)(C)CCC3(C)C)c1c(oc3cc4c(cc13)C(C)(C)CCC4(C)C)[B]2. The van der Waals surface area contributed by atoms with Crippen molar-refractivity contribution in [1.82, 2.24) is 0 Å². The van der Waals surface area contributed by atoms with Crippen LogP contribution in [0.1, 0.15) is 114 Å². The van der Waals surface area contributed by atoms with E-state index in [0.29, 0.717) is 0 Å². The number of furan rings is 1. The van der Waals surface area contributed by atoms with Gasteiger partial charge in [-0.2, -0.15) is 0 Å². The molecule has 0 saturated heterocycles. The standard InChI is InChI=1S/C60H58BN2OS/c1-34-26-40(39-29-36-16-11-12-17-37(36)30-47(39)62-46-19-15-21-52-53(46)38-18-13-14-20-51(38)65-52)54-49(27-34)63(48-32-44-42(28-35(48)2)57(3,4)22-24-59(44,7)8)55-41-31-43-45(33-50(41)64-56(55)61-54)60(9,10)25-23-58(43,5)6/h11-21,26-33,62H,22-25H2,1-10H3. The molecule has 3 nitrogen and oxygen atoms in total. The summed E-state index contributed by atoms with van der Waals surface area (Å²) in [5.74, 6) is 0. The van der Waals surface area contributed by atoms with E-state index in [1.165, 1.54) is 104 Å². The first-order valence-corrected chi connectivity index (χ1v) is 24.6. The van der Waals surface area contributed by atoms with E-state index in [4.69, 9.17) is 4.42 Å². The van der Waals surface area contributed by atoms with E-state index in [1.807, 2.05) is 11.3 Å². The molecule has 3 heterocycles. The maximum Gasteiger partial charge on any atom is 0.247 e. The Morgan fingerprint density at radius 3 is 1.89 bits per heavy atom. The highest BCUT2D eigenvalue weighted by Crippen LogP contribution is 2.53. The highest BCUT2D eigenvalue weighted by atomic mass is 32.1. The van der Waals surface area contributed by atoms with Crippen molar-refractivity contribution in [1.29, 1.82) is 0 Å². The summed E-state index contributed by atoms with van der Waals surface area (Å²) >= 11 is 1.86. The summed E-state index contributed by atoms with van der Waals surface area (Å²) in [4.78, 5) is 2.60. The molecule has 7 aromatic carbocycles. The van der Waals surface area contributed by atoms with Crippen LogP contribution in [0.2, 0.25) is 0 Å². The number of nitrogens with one attached hydrogen (secondary N) is 1. The van der Waals surface area contributed by atoms with Gasteiger partial charge in [0.2, 0.25) is 7.28 Å². The quantitative estimate of drug-likeness (QED) is 0.179. The number of thiophene rings is 1. The van der Waals surface area contributed by atoms with Crippen LogP contribution in [0.5, 0.6) is 0 Å². The number of rotatable bonds is 4. The second kappa shape index (κ2) is 13.9. The summed E-state index contributed by atoms with van der Waals surface area (Å²) in [5, 5.41) is 10.2. The third kappa shape index (κ3) is 6.21. The smallest absolute Gasteiger partial charge is 0.247 e. The molecule has 3 aliphatic rings. The van der Waals surface area contributed by atoms with Gasteiger partial charge in [-0.05, 0) is 171 Å². The lowest BCUT2D eigenvalue weighted by molar-refractivity contribution is 0.332. The maximum absolute atomic E-state index is 7.24. The van der Waals surface area contributed by atoms with Crippen LogP contribution < -0.4 is 21.3 Å². The Morgan fingerprint density at radius 1 is 0.554 bits per heavy atom. The van der Waals surface area contributed by atoms with Gasteiger partial charge in [0.15, 0.2) is 0 Å². The van der Waals surface area contributed by atoms with E-state index in [9.17, 15) is 0 Å². The van der Waals surface area contributed by atoms with Gasteiger partial charge in [0, 0.05) is 53.9 Å². The lowest BCUT2D eigenvalue weighted by Gasteiger charge is -2.43. The van der Waals surface area contributed by atoms with Crippen molar-refractivity contribution in [2.45, 2.75) is 117 Å². The minimum atomic E-state index is 0.0497. The summed E-state index contributed by atoms with van der Waals surface area (Å²) in [5.41, 5.74) is 19.8. The highest BCUT2D eigenvalue weighted by Gasteiger charge is 2.42. The Balaban J connectivity index is 1.13. The fourth-order valence-electron chi connectivity index (χ4n) is 11.9. The molecule has 0 atom stereocenters. The van der Waals surface area contributed by atoms with Gasteiger partial charge in [-0.3, -0.25) is 0 Å². The molecule has 0 unspecified atom stereocenters. The van der Waals surface area contributed by atoms with Gasteiger partial charge in [0.05, 0.1) is 11.3 Å². The van der Waals surface area contributed by atoms with Gasteiger partial charge in [0.1, 0.15) is 5.58 Å². The van der Waals surface area contributed by atoms with E-state index in [2.05, 4.69) is 202 Å². The van der Waals surface area contributed by atoms with Gasteiger partial charge in [-0.25, -0.2) is 0 Å². The van der Waals surface area contributed by atoms with Crippen LogP contribution in [0, 0.1) is 13.8 Å². The van der Waals surface area contributed by atoms with E-state index in [1.54, 1.807) is 0 Å². The van der Waals surface area contributed by atoms with E-state index in [0.717, 1.165) is 47.6 Å². The molecule has 0 spiro atoms. The predicted molar refractivity (Wildman–Crippen MR) is 282 cm³/mol. The van der Waals surface area contributed by atoms with Crippen molar-refractivity contribution in [3.8, 4) is 11.1 Å². The second-order valence-corrected chi connectivity index (χ2v) is 23.4.